The molecule has 8 nitrogen and oxygen atoms in total. The van der Waals surface area contributed by atoms with Gasteiger partial charge in [-0.1, -0.05) is 23.7 Å². The summed E-state index contributed by atoms with van der Waals surface area (Å²) in [7, 11) is 0. The maximum atomic E-state index is 14.3. The van der Waals surface area contributed by atoms with E-state index >= 15 is 0 Å². The maximum absolute atomic E-state index is 14.3. The molecule has 1 fully saturated rings. The molecular formula is C24H21ClF2N6O2. The van der Waals surface area contributed by atoms with Gasteiger partial charge in [0.15, 0.2) is 5.78 Å². The minimum atomic E-state index is -1.31. The lowest BCUT2D eigenvalue weighted by Gasteiger charge is -2.23. The summed E-state index contributed by atoms with van der Waals surface area (Å²) in [6.45, 7) is -0.355. The number of pyridine rings is 1. The fourth-order valence-electron chi connectivity index (χ4n) is 4.49. The zero-order valence-electron chi connectivity index (χ0n) is 18.5. The second-order valence-electron chi connectivity index (χ2n) is 8.46. The molecule has 11 heteroatoms. The van der Waals surface area contributed by atoms with Gasteiger partial charge in [-0.3, -0.25) is 24.4 Å². The number of Topliss-reactive ketones (excluding diaryl/α,β-unsaturated/α-hetero) is 1. The molecular weight excluding hydrogens is 478 g/mol. The van der Waals surface area contributed by atoms with Crippen molar-refractivity contribution < 1.29 is 18.4 Å². The summed E-state index contributed by atoms with van der Waals surface area (Å²) in [6, 6.07) is 5.47. The SMILES string of the molecule is O=C(CCc1cccc(Cl)c1F)[C@@H]1C[C@@H](F)CN1C(=O)Cn1nc(-c2cn[nH]c2)c2ccncc21. The number of aromatic amines is 1. The average molecular weight is 499 g/mol. The number of hydrogen-bond acceptors (Lipinski definition) is 5. The van der Waals surface area contributed by atoms with Crippen LogP contribution in [0.4, 0.5) is 8.78 Å². The number of alkyl halides is 1. The third kappa shape index (κ3) is 4.53. The highest BCUT2D eigenvalue weighted by Gasteiger charge is 2.39. The number of carbonyl (C=O) groups excluding carboxylic acids is 2. The third-order valence-corrected chi connectivity index (χ3v) is 6.52. The van der Waals surface area contributed by atoms with Crippen molar-refractivity contribution in [2.75, 3.05) is 6.54 Å². The molecule has 0 radical (unpaired) electrons. The Bertz CT molecular complexity index is 1390. The van der Waals surface area contributed by atoms with E-state index in [1.807, 2.05) is 0 Å². The summed E-state index contributed by atoms with van der Waals surface area (Å²) in [5.41, 5.74) is 2.32. The summed E-state index contributed by atoms with van der Waals surface area (Å²) in [4.78, 5) is 31.6. The fourth-order valence-corrected chi connectivity index (χ4v) is 4.68. The molecule has 2 atom stereocenters. The fraction of sp³-hybridized carbons (Fsp3) is 0.292. The van der Waals surface area contributed by atoms with Gasteiger partial charge in [-0.05, 0) is 24.1 Å². The van der Waals surface area contributed by atoms with Crippen LogP contribution in [0.3, 0.4) is 0 Å². The van der Waals surface area contributed by atoms with E-state index in [2.05, 4.69) is 20.3 Å². The number of ketones is 1. The molecule has 1 aliphatic rings. The van der Waals surface area contributed by atoms with E-state index in [9.17, 15) is 18.4 Å². The molecule has 1 saturated heterocycles. The summed E-state index contributed by atoms with van der Waals surface area (Å²) < 4.78 is 30.0. The molecule has 0 unspecified atom stereocenters. The van der Waals surface area contributed by atoms with Crippen molar-refractivity contribution >= 4 is 34.2 Å². The second kappa shape index (κ2) is 9.53. The van der Waals surface area contributed by atoms with E-state index in [0.717, 1.165) is 10.9 Å². The van der Waals surface area contributed by atoms with Gasteiger partial charge < -0.3 is 4.90 Å². The largest absolute Gasteiger partial charge is 0.328 e. The number of hydrogen-bond donors (Lipinski definition) is 1. The summed E-state index contributed by atoms with van der Waals surface area (Å²) >= 11 is 5.81. The van der Waals surface area contributed by atoms with Crippen LogP contribution in [0.2, 0.25) is 5.02 Å². The van der Waals surface area contributed by atoms with E-state index in [1.54, 1.807) is 43.0 Å². The number of aromatic nitrogens is 5. The average Bonchev–Trinajstić information content (AvgIpc) is 3.59. The summed E-state index contributed by atoms with van der Waals surface area (Å²) in [5, 5.41) is 12.0. The van der Waals surface area contributed by atoms with Crippen LogP contribution < -0.4 is 0 Å². The van der Waals surface area contributed by atoms with E-state index in [1.165, 1.54) is 15.6 Å². The number of halogens is 3. The van der Waals surface area contributed by atoms with Crippen LogP contribution in [0.1, 0.15) is 18.4 Å². The lowest BCUT2D eigenvalue weighted by Crippen LogP contribution is -2.42. The quantitative estimate of drug-likeness (QED) is 0.418. The number of aryl methyl sites for hydroxylation is 1. The molecule has 0 spiro atoms. The molecule has 0 bridgehead atoms. The lowest BCUT2D eigenvalue weighted by molar-refractivity contribution is -0.138. The predicted octanol–water partition coefficient (Wildman–Crippen LogP) is 3.75. The molecule has 3 aromatic heterocycles. The van der Waals surface area contributed by atoms with Crippen molar-refractivity contribution in [2.24, 2.45) is 0 Å². The Morgan fingerprint density at radius 1 is 1.23 bits per heavy atom. The molecule has 1 amide bonds. The molecule has 4 aromatic rings. The summed E-state index contributed by atoms with van der Waals surface area (Å²) in [6.07, 6.45) is 5.24. The van der Waals surface area contributed by atoms with Crippen molar-refractivity contribution in [1.82, 2.24) is 29.9 Å². The van der Waals surface area contributed by atoms with Gasteiger partial charge in [0.1, 0.15) is 24.2 Å². The molecule has 0 aliphatic carbocycles. The molecule has 35 heavy (non-hydrogen) atoms. The van der Waals surface area contributed by atoms with Crippen LogP contribution in [-0.2, 0) is 22.6 Å². The summed E-state index contributed by atoms with van der Waals surface area (Å²) in [5.74, 6) is -1.31. The first-order valence-electron chi connectivity index (χ1n) is 11.1. The topological polar surface area (TPSA) is 96.8 Å². The van der Waals surface area contributed by atoms with Crippen LogP contribution in [0.25, 0.3) is 22.2 Å². The van der Waals surface area contributed by atoms with Crippen molar-refractivity contribution in [2.45, 2.75) is 38.0 Å². The van der Waals surface area contributed by atoms with Crippen molar-refractivity contribution in [3.8, 4) is 11.3 Å². The van der Waals surface area contributed by atoms with Gasteiger partial charge in [-0.25, -0.2) is 8.78 Å². The first-order chi connectivity index (χ1) is 16.9. The van der Waals surface area contributed by atoms with E-state index in [-0.39, 0.29) is 43.2 Å². The minimum Gasteiger partial charge on any atom is -0.328 e. The first kappa shape index (κ1) is 23.1. The number of rotatable bonds is 7. The van der Waals surface area contributed by atoms with Crippen LogP contribution in [0, 0.1) is 5.82 Å². The Labute approximate surface area is 203 Å². The minimum absolute atomic E-state index is 0.0211. The number of H-pyrrole nitrogens is 1. The maximum Gasteiger partial charge on any atom is 0.245 e. The molecule has 180 valence electrons. The van der Waals surface area contributed by atoms with Gasteiger partial charge in [0.05, 0.1) is 35.5 Å². The van der Waals surface area contributed by atoms with Gasteiger partial charge >= 0.3 is 0 Å². The Kier molecular flexibility index (Phi) is 6.29. The van der Waals surface area contributed by atoms with E-state index in [0.29, 0.717) is 16.8 Å². The zero-order chi connectivity index (χ0) is 24.5. The highest BCUT2D eigenvalue weighted by molar-refractivity contribution is 6.30. The van der Waals surface area contributed by atoms with Crippen LogP contribution in [0.5, 0.6) is 0 Å². The molecule has 0 saturated carbocycles. The number of benzene rings is 1. The molecule has 4 heterocycles. The second-order valence-corrected chi connectivity index (χ2v) is 8.87. The number of nitrogens with zero attached hydrogens (tertiary/aromatic N) is 5. The number of nitrogens with one attached hydrogen (secondary N) is 1. The van der Waals surface area contributed by atoms with Gasteiger partial charge in [0.2, 0.25) is 5.91 Å². The lowest BCUT2D eigenvalue weighted by atomic mass is 10.0. The van der Waals surface area contributed by atoms with Crippen LogP contribution in [-0.4, -0.2) is 60.3 Å². The van der Waals surface area contributed by atoms with Crippen molar-refractivity contribution in [3.05, 3.63) is 65.5 Å². The standard InChI is InChI=1S/C24H21ClF2N6O2/c25-18-3-1-2-14(23(18)27)4-5-21(34)19-8-16(26)12-32(19)22(35)13-33-20-11-28-7-6-17(20)24(31-33)15-9-29-30-10-15/h1-3,6-7,9-11,16,19H,4-5,8,12-13H2,(H,29,30)/t16-,19+/m1/s1. The number of likely N-dealkylation sites (tertiary alicyclic amines) is 1. The normalized spacial score (nSPS) is 17.9. The third-order valence-electron chi connectivity index (χ3n) is 6.22. The Morgan fingerprint density at radius 3 is 2.89 bits per heavy atom. The van der Waals surface area contributed by atoms with Crippen LogP contribution >= 0.6 is 11.6 Å². The number of amides is 1. The van der Waals surface area contributed by atoms with E-state index in [4.69, 9.17) is 11.6 Å². The molecule has 1 aromatic carbocycles. The Hall–Kier alpha value is -3.66. The number of carbonyl (C=O) groups is 2. The monoisotopic (exact) mass is 498 g/mol. The highest BCUT2D eigenvalue weighted by atomic mass is 35.5. The Balaban J connectivity index is 1.34. The van der Waals surface area contributed by atoms with Gasteiger partial charge in [-0.15, -0.1) is 0 Å². The van der Waals surface area contributed by atoms with Gasteiger partial charge in [0.25, 0.3) is 0 Å². The predicted molar refractivity (Wildman–Crippen MR) is 125 cm³/mol. The van der Waals surface area contributed by atoms with Gasteiger partial charge in [-0.2, -0.15) is 10.2 Å². The molecule has 1 N–H and O–H groups in total. The highest BCUT2D eigenvalue weighted by Crippen LogP contribution is 2.28. The van der Waals surface area contributed by atoms with Crippen molar-refractivity contribution in [3.63, 3.8) is 0 Å². The van der Waals surface area contributed by atoms with Gasteiger partial charge in [0, 0.05) is 36.2 Å². The molecule has 5 rings (SSSR count). The zero-order valence-corrected chi connectivity index (χ0v) is 19.3. The van der Waals surface area contributed by atoms with E-state index < -0.39 is 23.9 Å². The molecule has 1 aliphatic heterocycles. The smallest absolute Gasteiger partial charge is 0.245 e. The van der Waals surface area contributed by atoms with Crippen molar-refractivity contribution in [1.29, 1.82) is 0 Å². The first-order valence-corrected chi connectivity index (χ1v) is 11.5. The number of fused-ring (bicyclic) bond motifs is 1. The Morgan fingerprint density at radius 2 is 2.09 bits per heavy atom. The van der Waals surface area contributed by atoms with Crippen LogP contribution in [0.15, 0.2) is 49.1 Å².